The number of likely N-dealkylation sites (N-methyl/N-ethyl adjacent to an activating group) is 1. The lowest BCUT2D eigenvalue weighted by atomic mass is 9.69. The van der Waals surface area contributed by atoms with E-state index in [0.717, 1.165) is 6.54 Å². The summed E-state index contributed by atoms with van der Waals surface area (Å²) in [6.45, 7) is 2.81. The molecule has 140 valence electrons. The van der Waals surface area contributed by atoms with E-state index in [0.29, 0.717) is 44.0 Å². The van der Waals surface area contributed by atoms with Gasteiger partial charge in [0.2, 0.25) is 0 Å². The van der Waals surface area contributed by atoms with Gasteiger partial charge in [-0.15, -0.1) is 0 Å². The monoisotopic (exact) mass is 351 g/mol. The van der Waals surface area contributed by atoms with Crippen LogP contribution in [-0.2, 0) is 9.53 Å². The topological polar surface area (TPSA) is 82.1 Å². The molecular weight excluding hydrogens is 322 g/mol. The molecule has 1 aliphatic heterocycles. The Bertz CT molecular complexity index is 524. The maximum atomic E-state index is 12.5. The van der Waals surface area contributed by atoms with Crippen LogP contribution in [0.3, 0.4) is 0 Å². The van der Waals surface area contributed by atoms with Crippen molar-refractivity contribution >= 4 is 12.0 Å². The number of nitrogens with one attached hydrogen (secondary N) is 1. The van der Waals surface area contributed by atoms with Crippen LogP contribution in [0.1, 0.15) is 19.3 Å². The largest absolute Gasteiger partial charge is 0.480 e. The van der Waals surface area contributed by atoms with Gasteiger partial charge in [0.1, 0.15) is 0 Å². The third-order valence-electron chi connectivity index (χ3n) is 5.57. The summed E-state index contributed by atoms with van der Waals surface area (Å²) in [4.78, 5) is 26.7. The number of urea groups is 1. The Kier molecular flexibility index (Phi) is 5.96. The van der Waals surface area contributed by atoms with Gasteiger partial charge >= 0.3 is 12.0 Å². The van der Waals surface area contributed by atoms with Crippen LogP contribution in [0.25, 0.3) is 0 Å². The van der Waals surface area contributed by atoms with Gasteiger partial charge in [0.25, 0.3) is 0 Å². The van der Waals surface area contributed by atoms with Crippen LogP contribution in [0.15, 0.2) is 12.2 Å². The van der Waals surface area contributed by atoms with Gasteiger partial charge in [-0.1, -0.05) is 12.2 Å². The number of amides is 2. The molecule has 0 spiro atoms. The van der Waals surface area contributed by atoms with Crippen molar-refractivity contribution in [1.29, 1.82) is 0 Å². The average molecular weight is 351 g/mol. The Balaban J connectivity index is 1.42. The number of hydrogen-bond donors (Lipinski definition) is 2. The second-order valence-electron chi connectivity index (χ2n) is 7.60. The molecule has 0 aromatic rings. The summed E-state index contributed by atoms with van der Waals surface area (Å²) >= 11 is 0. The number of carboxylic acids is 1. The smallest absolute Gasteiger partial charge is 0.317 e. The summed E-state index contributed by atoms with van der Waals surface area (Å²) in [5.41, 5.74) is 0. The Hall–Kier alpha value is -1.60. The molecule has 4 atom stereocenters. The molecule has 4 aliphatic rings. The van der Waals surface area contributed by atoms with Crippen LogP contribution in [0, 0.1) is 17.8 Å². The van der Waals surface area contributed by atoms with Gasteiger partial charge in [-0.3, -0.25) is 9.69 Å². The first-order valence-corrected chi connectivity index (χ1v) is 9.24. The zero-order valence-electron chi connectivity index (χ0n) is 14.9. The lowest BCUT2D eigenvalue weighted by molar-refractivity contribution is -0.138. The number of carboxylic acid groups (broad SMARTS) is 1. The van der Waals surface area contributed by atoms with E-state index >= 15 is 0 Å². The molecule has 1 saturated carbocycles. The number of ether oxygens (including phenoxy) is 1. The summed E-state index contributed by atoms with van der Waals surface area (Å²) in [6.07, 6.45) is 8.26. The minimum absolute atomic E-state index is 0.0240. The van der Waals surface area contributed by atoms with Crippen molar-refractivity contribution < 1.29 is 19.4 Å². The highest BCUT2D eigenvalue weighted by molar-refractivity contribution is 5.74. The predicted molar refractivity (Wildman–Crippen MR) is 93.3 cm³/mol. The molecule has 3 aliphatic carbocycles. The van der Waals surface area contributed by atoms with Crippen molar-refractivity contribution in [3.63, 3.8) is 0 Å². The van der Waals surface area contributed by atoms with Crippen LogP contribution in [-0.4, -0.2) is 79.4 Å². The Morgan fingerprint density at radius 2 is 2.20 bits per heavy atom. The van der Waals surface area contributed by atoms with Gasteiger partial charge in [0, 0.05) is 26.2 Å². The molecule has 2 N–H and O–H groups in total. The third kappa shape index (κ3) is 4.95. The van der Waals surface area contributed by atoms with Crippen molar-refractivity contribution in [3.05, 3.63) is 12.2 Å². The normalized spacial score (nSPS) is 31.4. The molecule has 0 radical (unpaired) electrons. The number of allylic oxidation sites excluding steroid dienone is 2. The summed E-state index contributed by atoms with van der Waals surface area (Å²) in [5.74, 6) is 1.02. The molecule has 4 unspecified atom stereocenters. The molecule has 7 heteroatoms. The molecule has 2 fully saturated rings. The van der Waals surface area contributed by atoms with Crippen LogP contribution in [0.5, 0.6) is 0 Å². The summed E-state index contributed by atoms with van der Waals surface area (Å²) in [7, 11) is 1.75. The number of aliphatic carboxylic acids is 1. The van der Waals surface area contributed by atoms with E-state index < -0.39 is 5.97 Å². The van der Waals surface area contributed by atoms with Crippen molar-refractivity contribution in [2.45, 2.75) is 25.4 Å². The molecule has 1 heterocycles. The van der Waals surface area contributed by atoms with Crippen molar-refractivity contribution in [3.8, 4) is 0 Å². The maximum absolute atomic E-state index is 12.5. The molecule has 1 saturated heterocycles. The van der Waals surface area contributed by atoms with Crippen molar-refractivity contribution in [1.82, 2.24) is 15.1 Å². The number of hydrogen-bond acceptors (Lipinski definition) is 4. The first kappa shape index (κ1) is 18.2. The van der Waals surface area contributed by atoms with Gasteiger partial charge in [-0.05, 0) is 44.1 Å². The van der Waals surface area contributed by atoms with E-state index in [2.05, 4.69) is 17.5 Å². The zero-order valence-corrected chi connectivity index (χ0v) is 14.9. The Labute approximate surface area is 149 Å². The number of rotatable bonds is 6. The second-order valence-corrected chi connectivity index (χ2v) is 7.60. The molecule has 4 rings (SSSR count). The molecular formula is C18H29N3O4. The van der Waals surface area contributed by atoms with Gasteiger partial charge in [-0.25, -0.2) is 4.79 Å². The van der Waals surface area contributed by atoms with Crippen LogP contribution in [0.2, 0.25) is 0 Å². The van der Waals surface area contributed by atoms with Crippen molar-refractivity contribution in [2.75, 3.05) is 46.4 Å². The summed E-state index contributed by atoms with van der Waals surface area (Å²) < 4.78 is 5.68. The highest BCUT2D eigenvalue weighted by Crippen LogP contribution is 2.39. The Morgan fingerprint density at radius 3 is 2.84 bits per heavy atom. The van der Waals surface area contributed by atoms with Gasteiger partial charge < -0.3 is 20.1 Å². The predicted octanol–water partition coefficient (Wildman–Crippen LogP) is 1.02. The average Bonchev–Trinajstić information content (AvgIpc) is 2.60. The van der Waals surface area contributed by atoms with Gasteiger partial charge in [0.15, 0.2) is 0 Å². The fraction of sp³-hybridized carbons (Fsp3) is 0.778. The van der Waals surface area contributed by atoms with E-state index in [1.807, 2.05) is 0 Å². The maximum Gasteiger partial charge on any atom is 0.317 e. The summed E-state index contributed by atoms with van der Waals surface area (Å²) in [6, 6.07) is -0.0281. The van der Waals surface area contributed by atoms with Crippen LogP contribution < -0.4 is 5.32 Å². The first-order valence-electron chi connectivity index (χ1n) is 9.24. The minimum Gasteiger partial charge on any atom is -0.480 e. The molecule has 25 heavy (non-hydrogen) atoms. The summed E-state index contributed by atoms with van der Waals surface area (Å²) in [5, 5.41) is 11.9. The van der Waals surface area contributed by atoms with E-state index in [1.165, 1.54) is 19.3 Å². The SMILES string of the molecule is CN(CC(=O)O)CC1CN(C(=O)NCC2CC3C=CC2CC3)CCO1. The highest BCUT2D eigenvalue weighted by Gasteiger charge is 2.32. The highest BCUT2D eigenvalue weighted by atomic mass is 16.5. The van der Waals surface area contributed by atoms with E-state index in [9.17, 15) is 9.59 Å². The quantitative estimate of drug-likeness (QED) is 0.698. The number of carbonyl (C=O) groups is 2. The van der Waals surface area contributed by atoms with Crippen LogP contribution >= 0.6 is 0 Å². The fourth-order valence-corrected chi connectivity index (χ4v) is 4.27. The standard InChI is InChI=1S/C18H29N3O4/c1-20(12-17(22)23)10-16-11-21(6-7-25-16)18(24)19-9-15-8-13-2-4-14(15)5-3-13/h2,4,13-16H,3,5-12H2,1H3,(H,19,24)(H,22,23). The second kappa shape index (κ2) is 8.19. The van der Waals surface area contributed by atoms with Crippen molar-refractivity contribution in [2.24, 2.45) is 17.8 Å². The third-order valence-corrected chi connectivity index (χ3v) is 5.57. The Morgan fingerprint density at radius 1 is 1.36 bits per heavy atom. The van der Waals surface area contributed by atoms with E-state index in [4.69, 9.17) is 9.84 Å². The lowest BCUT2D eigenvalue weighted by Crippen LogP contribution is -2.53. The fourth-order valence-electron chi connectivity index (χ4n) is 4.27. The first-order chi connectivity index (χ1) is 12.0. The zero-order chi connectivity index (χ0) is 17.8. The van der Waals surface area contributed by atoms with Crippen LogP contribution in [0.4, 0.5) is 4.79 Å². The van der Waals surface area contributed by atoms with Gasteiger partial charge in [-0.2, -0.15) is 0 Å². The lowest BCUT2D eigenvalue weighted by Gasteiger charge is -2.39. The number of nitrogens with zero attached hydrogens (tertiary/aromatic N) is 2. The number of carbonyl (C=O) groups excluding carboxylic acids is 1. The van der Waals surface area contributed by atoms with E-state index in [1.54, 1.807) is 16.8 Å². The molecule has 2 amide bonds. The number of fused-ring (bicyclic) bond motifs is 2. The molecule has 0 aromatic heterocycles. The van der Waals surface area contributed by atoms with E-state index in [-0.39, 0.29) is 18.7 Å². The van der Waals surface area contributed by atoms with Gasteiger partial charge in [0.05, 0.1) is 19.3 Å². The minimum atomic E-state index is -0.858. The molecule has 2 bridgehead atoms. The number of morpholine rings is 1. The molecule has 7 nitrogen and oxygen atoms in total. The molecule has 0 aromatic carbocycles.